The molecule has 3 rings (SSSR count). The van der Waals surface area contributed by atoms with E-state index in [0.717, 1.165) is 5.69 Å². The second-order valence-corrected chi connectivity index (χ2v) is 5.57. The molecule has 0 aliphatic carbocycles. The highest BCUT2D eigenvalue weighted by Crippen LogP contribution is 2.23. The first kappa shape index (κ1) is 10.9. The molecule has 0 atom stereocenters. The molecule has 17 heavy (non-hydrogen) atoms. The second kappa shape index (κ2) is 4.59. The molecule has 1 aromatic heterocycles. The molecular weight excluding hydrogens is 228 g/mol. The van der Waals surface area contributed by atoms with Crippen molar-refractivity contribution in [2.45, 2.75) is 19.8 Å². The molecule has 1 saturated heterocycles. The van der Waals surface area contributed by atoms with E-state index in [-0.39, 0.29) is 0 Å². The Morgan fingerprint density at radius 1 is 1.12 bits per heavy atom. The predicted octanol–water partition coefficient (Wildman–Crippen LogP) is 2.43. The van der Waals surface area contributed by atoms with E-state index >= 15 is 0 Å². The van der Waals surface area contributed by atoms with Crippen molar-refractivity contribution in [3.8, 4) is 11.3 Å². The van der Waals surface area contributed by atoms with Gasteiger partial charge in [-0.1, -0.05) is 41.2 Å². The quantitative estimate of drug-likeness (QED) is 0.860. The zero-order chi connectivity index (χ0) is 11.7. The van der Waals surface area contributed by atoms with Crippen LogP contribution in [0.3, 0.4) is 0 Å². The van der Waals surface area contributed by atoms with Crippen LogP contribution in [-0.2, 0) is 0 Å². The average Bonchev–Trinajstić information content (AvgIpc) is 3.00. The lowest BCUT2D eigenvalue weighted by Crippen LogP contribution is -3.04. The third-order valence-corrected chi connectivity index (χ3v) is 4.31. The molecule has 0 amide bonds. The highest BCUT2D eigenvalue weighted by molar-refractivity contribution is 7.13. The molecule has 1 aromatic carbocycles. The minimum Gasteiger partial charge on any atom is -0.277 e. The molecule has 0 radical (unpaired) electrons. The summed E-state index contributed by atoms with van der Waals surface area (Å²) in [5, 5.41) is 3.45. The minimum absolute atomic E-state index is 1.13. The first-order chi connectivity index (χ1) is 8.33. The molecular formula is C14H17N2S+. The van der Waals surface area contributed by atoms with E-state index in [0.29, 0.717) is 0 Å². The Morgan fingerprint density at radius 3 is 2.53 bits per heavy atom. The van der Waals surface area contributed by atoms with Crippen molar-refractivity contribution in [1.29, 1.82) is 0 Å². The SMILES string of the molecule is Cc1ccc(-c2csc([NH+]3CCCC3)n2)cc1. The summed E-state index contributed by atoms with van der Waals surface area (Å²) >= 11 is 1.80. The Bertz CT molecular complexity index is 495. The number of benzene rings is 1. The number of quaternary nitrogens is 1. The third-order valence-electron chi connectivity index (χ3n) is 3.36. The van der Waals surface area contributed by atoms with Crippen molar-refractivity contribution >= 4 is 16.5 Å². The Hall–Kier alpha value is -1.19. The van der Waals surface area contributed by atoms with E-state index in [2.05, 4.69) is 36.6 Å². The van der Waals surface area contributed by atoms with Gasteiger partial charge in [-0.05, 0) is 6.92 Å². The first-order valence-corrected chi connectivity index (χ1v) is 7.08. The number of hydrogen-bond acceptors (Lipinski definition) is 2. The van der Waals surface area contributed by atoms with E-state index in [1.807, 2.05) is 0 Å². The first-order valence-electron chi connectivity index (χ1n) is 6.20. The number of aryl methyl sites for hydroxylation is 1. The molecule has 2 aromatic rings. The molecule has 0 unspecified atom stereocenters. The Labute approximate surface area is 106 Å². The third kappa shape index (κ3) is 2.26. The van der Waals surface area contributed by atoms with Gasteiger partial charge in [-0.3, -0.25) is 4.90 Å². The Kier molecular flexibility index (Phi) is 2.95. The van der Waals surface area contributed by atoms with E-state index in [9.17, 15) is 0 Å². The fourth-order valence-electron chi connectivity index (χ4n) is 2.31. The fourth-order valence-corrected chi connectivity index (χ4v) is 3.24. The van der Waals surface area contributed by atoms with Gasteiger partial charge in [-0.2, -0.15) is 4.98 Å². The van der Waals surface area contributed by atoms with Gasteiger partial charge in [0.15, 0.2) is 0 Å². The number of nitrogens with zero attached hydrogens (tertiary/aromatic N) is 1. The molecule has 1 fully saturated rings. The summed E-state index contributed by atoms with van der Waals surface area (Å²) in [6.07, 6.45) is 2.68. The van der Waals surface area contributed by atoms with Crippen LogP contribution in [0, 0.1) is 6.92 Å². The Morgan fingerprint density at radius 2 is 1.82 bits per heavy atom. The molecule has 0 saturated carbocycles. The highest BCUT2D eigenvalue weighted by atomic mass is 32.1. The standard InChI is InChI=1S/C14H16N2S/c1-11-4-6-12(7-5-11)13-10-17-14(15-13)16-8-2-3-9-16/h4-7,10H,2-3,8-9H2,1H3/p+1. The fraction of sp³-hybridized carbons (Fsp3) is 0.357. The zero-order valence-electron chi connectivity index (χ0n) is 10.1. The van der Waals surface area contributed by atoms with Gasteiger partial charge < -0.3 is 0 Å². The Balaban J connectivity index is 1.86. The van der Waals surface area contributed by atoms with Gasteiger partial charge in [-0.25, -0.2) is 0 Å². The lowest BCUT2D eigenvalue weighted by atomic mass is 10.1. The molecule has 1 N–H and O–H groups in total. The van der Waals surface area contributed by atoms with Gasteiger partial charge in [0.2, 0.25) is 0 Å². The van der Waals surface area contributed by atoms with Crippen LogP contribution >= 0.6 is 11.3 Å². The maximum absolute atomic E-state index is 4.77. The van der Waals surface area contributed by atoms with Crippen LogP contribution in [0.25, 0.3) is 11.3 Å². The predicted molar refractivity (Wildman–Crippen MR) is 71.9 cm³/mol. The molecule has 3 heteroatoms. The molecule has 0 spiro atoms. The van der Waals surface area contributed by atoms with Gasteiger partial charge in [-0.15, -0.1) is 0 Å². The topological polar surface area (TPSA) is 17.3 Å². The summed E-state index contributed by atoms with van der Waals surface area (Å²) in [7, 11) is 0. The lowest BCUT2D eigenvalue weighted by Gasteiger charge is -2.05. The van der Waals surface area contributed by atoms with Crippen LogP contribution < -0.4 is 4.90 Å². The van der Waals surface area contributed by atoms with Gasteiger partial charge in [0.05, 0.1) is 18.8 Å². The van der Waals surface area contributed by atoms with Crippen LogP contribution in [0.2, 0.25) is 0 Å². The van der Waals surface area contributed by atoms with Crippen LogP contribution in [0.5, 0.6) is 0 Å². The molecule has 1 aliphatic heterocycles. The monoisotopic (exact) mass is 245 g/mol. The summed E-state index contributed by atoms with van der Waals surface area (Å²) < 4.78 is 0. The molecule has 1 aliphatic rings. The van der Waals surface area contributed by atoms with Crippen LogP contribution in [0.4, 0.5) is 5.13 Å². The van der Waals surface area contributed by atoms with Crippen LogP contribution in [-0.4, -0.2) is 18.1 Å². The molecule has 88 valence electrons. The average molecular weight is 245 g/mol. The van der Waals surface area contributed by atoms with Crippen molar-refractivity contribution in [3.05, 3.63) is 35.2 Å². The molecule has 2 nitrogen and oxygen atoms in total. The van der Waals surface area contributed by atoms with Crippen molar-refractivity contribution in [3.63, 3.8) is 0 Å². The summed E-state index contributed by atoms with van der Waals surface area (Å²) in [6, 6.07) is 8.62. The van der Waals surface area contributed by atoms with E-state index < -0.39 is 0 Å². The molecule has 0 bridgehead atoms. The summed E-state index contributed by atoms with van der Waals surface area (Å²) in [5.41, 5.74) is 3.66. The van der Waals surface area contributed by atoms with Gasteiger partial charge in [0.1, 0.15) is 0 Å². The largest absolute Gasteiger partial charge is 0.284 e. The zero-order valence-corrected chi connectivity index (χ0v) is 10.9. The van der Waals surface area contributed by atoms with E-state index in [1.54, 1.807) is 16.2 Å². The summed E-state index contributed by atoms with van der Waals surface area (Å²) in [4.78, 5) is 6.34. The normalized spacial score (nSPS) is 16.5. The summed E-state index contributed by atoms with van der Waals surface area (Å²) in [5.74, 6) is 0. The number of thiazole rings is 1. The maximum atomic E-state index is 4.77. The van der Waals surface area contributed by atoms with E-state index in [1.165, 1.54) is 42.2 Å². The van der Waals surface area contributed by atoms with Crippen LogP contribution in [0.1, 0.15) is 18.4 Å². The summed E-state index contributed by atoms with van der Waals surface area (Å²) in [6.45, 7) is 4.62. The van der Waals surface area contributed by atoms with Gasteiger partial charge in [0.25, 0.3) is 5.13 Å². The lowest BCUT2D eigenvalue weighted by molar-refractivity contribution is -0.817. The highest BCUT2D eigenvalue weighted by Gasteiger charge is 2.21. The van der Waals surface area contributed by atoms with Crippen LogP contribution in [0.15, 0.2) is 29.6 Å². The van der Waals surface area contributed by atoms with Crippen molar-refractivity contribution < 1.29 is 4.90 Å². The van der Waals surface area contributed by atoms with Crippen molar-refractivity contribution in [2.75, 3.05) is 13.1 Å². The molecule has 2 heterocycles. The smallest absolute Gasteiger partial charge is 0.277 e. The van der Waals surface area contributed by atoms with Crippen molar-refractivity contribution in [2.24, 2.45) is 0 Å². The van der Waals surface area contributed by atoms with Crippen molar-refractivity contribution in [1.82, 2.24) is 4.98 Å². The number of nitrogens with one attached hydrogen (secondary N) is 1. The number of rotatable bonds is 2. The van der Waals surface area contributed by atoms with E-state index in [4.69, 9.17) is 4.98 Å². The maximum Gasteiger partial charge on any atom is 0.284 e. The number of aromatic nitrogens is 1. The van der Waals surface area contributed by atoms with Gasteiger partial charge >= 0.3 is 0 Å². The van der Waals surface area contributed by atoms with Gasteiger partial charge in [0, 0.05) is 23.8 Å². The number of hydrogen-bond donors (Lipinski definition) is 1. The second-order valence-electron chi connectivity index (χ2n) is 4.71. The minimum atomic E-state index is 1.13.